The molecule has 166 valence electrons. The van der Waals surface area contributed by atoms with Gasteiger partial charge in [0, 0.05) is 45.0 Å². The molecule has 1 atom stereocenters. The Labute approximate surface area is 205 Å². The van der Waals surface area contributed by atoms with Crippen molar-refractivity contribution in [1.82, 2.24) is 9.99 Å². The Morgan fingerprint density at radius 3 is 2.76 bits per heavy atom. The van der Waals surface area contributed by atoms with Crippen molar-refractivity contribution in [3.05, 3.63) is 105 Å². The van der Waals surface area contributed by atoms with Gasteiger partial charge in [0.2, 0.25) is 0 Å². The Hall–Kier alpha value is -2.80. The highest BCUT2D eigenvalue weighted by Crippen LogP contribution is 2.30. The number of rotatable bonds is 5. The number of hydrazone groups is 1. The smallest absolute Gasteiger partial charge is 0.177 e. The first-order chi connectivity index (χ1) is 16.1. The minimum atomic E-state index is -0.242. The van der Waals surface area contributed by atoms with Crippen molar-refractivity contribution in [3.63, 3.8) is 0 Å². The van der Waals surface area contributed by atoms with Crippen LogP contribution >= 0.6 is 35.0 Å². The number of nitrogens with zero attached hydrogens (tertiary/aromatic N) is 3. The van der Waals surface area contributed by atoms with Crippen molar-refractivity contribution in [3.8, 4) is 0 Å². The third-order valence-electron chi connectivity index (χ3n) is 5.44. The van der Waals surface area contributed by atoms with E-state index in [4.69, 9.17) is 23.2 Å². The largest absolute Gasteiger partial charge is 0.342 e. The molecule has 8 heteroatoms. The molecule has 0 fully saturated rings. The quantitative estimate of drug-likeness (QED) is 0.241. The van der Waals surface area contributed by atoms with Crippen LogP contribution in [0.25, 0.3) is 10.9 Å². The Kier molecular flexibility index (Phi) is 6.40. The van der Waals surface area contributed by atoms with Gasteiger partial charge in [-0.2, -0.15) is 5.10 Å². The summed E-state index contributed by atoms with van der Waals surface area (Å²) in [4.78, 5) is 4.66. The maximum atomic E-state index is 13.2. The van der Waals surface area contributed by atoms with Gasteiger partial charge in [0.15, 0.2) is 5.17 Å². The lowest BCUT2D eigenvalue weighted by Crippen LogP contribution is -2.11. The fourth-order valence-corrected chi connectivity index (χ4v) is 5.16. The molecular weight excluding hydrogens is 478 g/mol. The Morgan fingerprint density at radius 1 is 1.12 bits per heavy atom. The number of benzene rings is 3. The van der Waals surface area contributed by atoms with Gasteiger partial charge in [-0.1, -0.05) is 71.4 Å². The number of nitrogens with one attached hydrogen (secondary N) is 1. The van der Waals surface area contributed by atoms with E-state index in [1.807, 2.05) is 24.3 Å². The van der Waals surface area contributed by atoms with Crippen LogP contribution in [0.2, 0.25) is 10.0 Å². The van der Waals surface area contributed by atoms with Crippen molar-refractivity contribution in [1.29, 1.82) is 0 Å². The molecule has 3 aromatic carbocycles. The van der Waals surface area contributed by atoms with Crippen LogP contribution in [0, 0.1) is 5.82 Å². The molecule has 0 bridgehead atoms. The highest BCUT2D eigenvalue weighted by atomic mass is 35.5. The summed E-state index contributed by atoms with van der Waals surface area (Å²) in [6.07, 6.45) is 3.86. The van der Waals surface area contributed by atoms with E-state index in [1.165, 1.54) is 12.1 Å². The van der Waals surface area contributed by atoms with Crippen molar-refractivity contribution in [2.24, 2.45) is 10.1 Å². The van der Waals surface area contributed by atoms with Gasteiger partial charge in [0.25, 0.3) is 0 Å². The molecular formula is C25H19Cl2FN4S. The maximum Gasteiger partial charge on any atom is 0.177 e. The van der Waals surface area contributed by atoms with E-state index in [2.05, 4.69) is 38.4 Å². The lowest BCUT2D eigenvalue weighted by Gasteiger charge is -2.08. The Bertz CT molecular complexity index is 1360. The monoisotopic (exact) mass is 496 g/mol. The summed E-state index contributed by atoms with van der Waals surface area (Å²) in [5, 5.41) is 7.53. The third-order valence-corrected chi connectivity index (χ3v) is 6.98. The Morgan fingerprint density at radius 2 is 1.94 bits per heavy atom. The van der Waals surface area contributed by atoms with Gasteiger partial charge in [0.1, 0.15) is 5.82 Å². The Balaban J connectivity index is 1.34. The standard InChI is InChI=1S/C25H19Cl2FN4S/c26-19-8-5-17(22(27)11-19)13-32-14-18(21-3-1-2-4-24(21)32)12-29-31-25-30-23(15-33-25)16-6-9-20(28)10-7-16/h1-12,14,23H,13,15H2,(H,30,31). The summed E-state index contributed by atoms with van der Waals surface area (Å²) in [5.74, 6) is 0.554. The van der Waals surface area contributed by atoms with Crippen molar-refractivity contribution >= 4 is 57.2 Å². The van der Waals surface area contributed by atoms with E-state index in [1.54, 1.807) is 36.2 Å². The number of hydrogen-bond donors (Lipinski definition) is 1. The molecule has 4 aromatic rings. The summed E-state index contributed by atoms with van der Waals surface area (Å²) in [6, 6.07) is 20.2. The molecule has 0 aliphatic carbocycles. The number of hydrogen-bond acceptors (Lipinski definition) is 4. The molecule has 0 saturated heterocycles. The van der Waals surface area contributed by atoms with Crippen LogP contribution in [0.15, 0.2) is 83.0 Å². The number of para-hydroxylation sites is 1. The van der Waals surface area contributed by atoms with E-state index < -0.39 is 0 Å². The van der Waals surface area contributed by atoms with Crippen molar-refractivity contribution < 1.29 is 4.39 Å². The highest BCUT2D eigenvalue weighted by Gasteiger charge is 2.19. The molecule has 0 amide bonds. The average Bonchev–Trinajstić information content (AvgIpc) is 3.42. The molecule has 1 aromatic heterocycles. The lowest BCUT2D eigenvalue weighted by atomic mass is 10.1. The van der Waals surface area contributed by atoms with Gasteiger partial charge < -0.3 is 4.57 Å². The zero-order valence-corrected chi connectivity index (χ0v) is 19.7. The van der Waals surface area contributed by atoms with Crippen LogP contribution in [0.1, 0.15) is 22.7 Å². The molecule has 1 aliphatic heterocycles. The summed E-state index contributed by atoms with van der Waals surface area (Å²) in [7, 11) is 0. The zero-order chi connectivity index (χ0) is 22.8. The van der Waals surface area contributed by atoms with E-state index in [-0.39, 0.29) is 11.9 Å². The fourth-order valence-electron chi connectivity index (χ4n) is 3.79. The van der Waals surface area contributed by atoms with Crippen molar-refractivity contribution in [2.45, 2.75) is 12.6 Å². The van der Waals surface area contributed by atoms with Crippen LogP contribution in [-0.2, 0) is 6.54 Å². The zero-order valence-electron chi connectivity index (χ0n) is 17.4. The first kappa shape index (κ1) is 22.0. The molecule has 1 N–H and O–H groups in total. The lowest BCUT2D eigenvalue weighted by molar-refractivity contribution is 0.626. The molecule has 4 nitrogen and oxygen atoms in total. The molecule has 1 unspecified atom stereocenters. The third kappa shape index (κ3) is 4.93. The average molecular weight is 497 g/mol. The SMILES string of the molecule is Fc1ccc(C2CSC(NN=Cc3cn(Cc4ccc(Cl)cc4Cl)c4ccccc34)=N2)cc1. The number of halogens is 3. The number of amidine groups is 1. The molecule has 2 heterocycles. The minimum Gasteiger partial charge on any atom is -0.342 e. The second kappa shape index (κ2) is 9.59. The van der Waals surface area contributed by atoms with Crippen LogP contribution in [0.5, 0.6) is 0 Å². The van der Waals surface area contributed by atoms with E-state index in [0.717, 1.165) is 38.5 Å². The van der Waals surface area contributed by atoms with Gasteiger partial charge >= 0.3 is 0 Å². The highest BCUT2D eigenvalue weighted by molar-refractivity contribution is 8.14. The van der Waals surface area contributed by atoms with E-state index in [9.17, 15) is 4.39 Å². The molecule has 0 radical (unpaired) electrons. The second-order valence-corrected chi connectivity index (χ2v) is 9.50. The summed E-state index contributed by atoms with van der Waals surface area (Å²) in [5.41, 5.74) is 7.11. The first-order valence-electron chi connectivity index (χ1n) is 10.3. The topological polar surface area (TPSA) is 41.7 Å². The van der Waals surface area contributed by atoms with Gasteiger partial charge in [-0.25, -0.2) is 4.39 Å². The van der Waals surface area contributed by atoms with Crippen LogP contribution in [0.4, 0.5) is 4.39 Å². The van der Waals surface area contributed by atoms with Gasteiger partial charge in [-0.3, -0.25) is 10.4 Å². The summed E-state index contributed by atoms with van der Waals surface area (Å²) < 4.78 is 15.3. The summed E-state index contributed by atoms with van der Waals surface area (Å²) in [6.45, 7) is 0.625. The fraction of sp³-hybridized carbons (Fsp3) is 0.120. The molecule has 0 saturated carbocycles. The van der Waals surface area contributed by atoms with E-state index >= 15 is 0 Å². The second-order valence-electron chi connectivity index (χ2n) is 7.65. The van der Waals surface area contributed by atoms with E-state index in [0.29, 0.717) is 16.6 Å². The van der Waals surface area contributed by atoms with Gasteiger partial charge in [0.05, 0.1) is 12.3 Å². The van der Waals surface area contributed by atoms with Crippen LogP contribution in [0.3, 0.4) is 0 Å². The number of aliphatic imine (C=N–C) groups is 1. The van der Waals surface area contributed by atoms with Crippen LogP contribution in [-0.4, -0.2) is 21.7 Å². The predicted octanol–water partition coefficient (Wildman–Crippen LogP) is 6.90. The number of fused-ring (bicyclic) bond motifs is 1. The number of thioether (sulfide) groups is 1. The maximum absolute atomic E-state index is 13.2. The molecule has 1 aliphatic rings. The minimum absolute atomic E-state index is 0.000613. The molecule has 5 rings (SSSR count). The first-order valence-corrected chi connectivity index (χ1v) is 12.1. The van der Waals surface area contributed by atoms with Gasteiger partial charge in [-0.05, 0) is 41.5 Å². The van der Waals surface area contributed by atoms with Gasteiger partial charge in [-0.15, -0.1) is 0 Å². The van der Waals surface area contributed by atoms with Crippen molar-refractivity contribution in [2.75, 3.05) is 5.75 Å². The summed E-state index contributed by atoms with van der Waals surface area (Å²) >= 11 is 14.0. The van der Waals surface area contributed by atoms with Crippen LogP contribution < -0.4 is 5.43 Å². The molecule has 0 spiro atoms. The number of aromatic nitrogens is 1. The predicted molar refractivity (Wildman–Crippen MR) is 137 cm³/mol. The molecule has 33 heavy (non-hydrogen) atoms. The normalized spacial score (nSPS) is 16.0.